The first kappa shape index (κ1) is 70.0. The minimum Gasteiger partial charge on any atom is -0.462 e. The third-order valence-corrected chi connectivity index (χ3v) is 14.3. The smallest absolute Gasteiger partial charge is 0.462 e. The molecule has 0 aliphatic heterocycles. The van der Waals surface area contributed by atoms with Gasteiger partial charge < -0.3 is 18.9 Å². The monoisotopic (exact) mass is 1030 g/mol. The number of likely N-dealkylation sites (N-methyl/N-ethyl adjacent to an activating group) is 1. The molecule has 2 atom stereocenters. The SMILES string of the molecule is CCCCC/C=C\C/C=C\CCCCCCCC(=O)OCC(COP(=O)(O)OCC[N+](C)(C)C)OC(=O)CCCCCCCCCCCCCCCCCCCCCCC/C=C\C/C=C\CCCCCCC. The van der Waals surface area contributed by atoms with Gasteiger partial charge in [-0.05, 0) is 77.0 Å². The molecule has 0 saturated carbocycles. The number of rotatable bonds is 56. The number of nitrogens with zero attached hydrogens (tertiary/aromatic N) is 1. The van der Waals surface area contributed by atoms with Crippen LogP contribution in [0.4, 0.5) is 0 Å². The number of carbonyl (C=O) groups excluding carboxylic acids is 2. The molecule has 0 saturated heterocycles. The topological polar surface area (TPSA) is 108 Å². The molecule has 0 aromatic rings. The van der Waals surface area contributed by atoms with E-state index in [1.165, 1.54) is 186 Å². The molecule has 1 N–H and O–H groups in total. The summed E-state index contributed by atoms with van der Waals surface area (Å²) in [6.07, 6.45) is 67.7. The molecule has 0 heterocycles. The van der Waals surface area contributed by atoms with Crippen LogP contribution in [0.1, 0.15) is 284 Å². The van der Waals surface area contributed by atoms with Gasteiger partial charge in [0.2, 0.25) is 0 Å². The van der Waals surface area contributed by atoms with Crippen LogP contribution in [-0.4, -0.2) is 74.9 Å². The number of esters is 2. The Labute approximate surface area is 445 Å². The Morgan fingerprint density at radius 2 is 0.750 bits per heavy atom. The van der Waals surface area contributed by atoms with Crippen molar-refractivity contribution >= 4 is 19.8 Å². The van der Waals surface area contributed by atoms with Crippen LogP contribution in [0.2, 0.25) is 0 Å². The number of carbonyl (C=O) groups is 2. The standard InChI is InChI=1S/C62H116NO8P/c1-6-8-10-12-14-16-18-20-22-23-24-25-26-27-28-29-30-31-32-33-34-35-36-37-38-39-41-43-45-47-49-51-53-55-62(65)71-60(59-70-72(66,67)69-57-56-63(3,4)5)58-68-61(64)54-52-50-48-46-44-42-40-21-19-17-15-13-11-9-7-2/h15,17-18,20-21,23-24,40,60H,6-14,16,19,22,25-39,41-59H2,1-5H3/p+1/b17-15-,20-18-,24-23-,40-21-. The Morgan fingerprint density at radius 1 is 0.431 bits per heavy atom. The van der Waals surface area contributed by atoms with Gasteiger partial charge in [-0.15, -0.1) is 0 Å². The molecule has 2 unspecified atom stereocenters. The Morgan fingerprint density at radius 3 is 1.12 bits per heavy atom. The first-order valence-corrected chi connectivity index (χ1v) is 31.9. The molecule has 0 rings (SSSR count). The van der Waals surface area contributed by atoms with Crippen molar-refractivity contribution in [3.63, 3.8) is 0 Å². The van der Waals surface area contributed by atoms with Crippen molar-refractivity contribution in [3.05, 3.63) is 48.6 Å². The van der Waals surface area contributed by atoms with Gasteiger partial charge >= 0.3 is 19.8 Å². The molecular weight excluding hydrogens is 918 g/mol. The molecule has 0 amide bonds. The lowest BCUT2D eigenvalue weighted by molar-refractivity contribution is -0.870. The van der Waals surface area contributed by atoms with Crippen LogP contribution >= 0.6 is 7.82 Å². The van der Waals surface area contributed by atoms with Gasteiger partial charge in [0.1, 0.15) is 19.8 Å². The molecular formula is C62H117NO8P+. The summed E-state index contributed by atoms with van der Waals surface area (Å²) in [5, 5.41) is 0. The highest BCUT2D eigenvalue weighted by atomic mass is 31.2. The van der Waals surface area contributed by atoms with E-state index < -0.39 is 26.5 Å². The number of quaternary nitrogens is 1. The van der Waals surface area contributed by atoms with Crippen molar-refractivity contribution in [2.24, 2.45) is 0 Å². The maximum Gasteiger partial charge on any atom is 0.472 e. The number of allylic oxidation sites excluding steroid dienone is 8. The van der Waals surface area contributed by atoms with Gasteiger partial charge in [-0.2, -0.15) is 0 Å². The summed E-state index contributed by atoms with van der Waals surface area (Å²) < 4.78 is 34.5. The zero-order valence-electron chi connectivity index (χ0n) is 47.9. The van der Waals surface area contributed by atoms with E-state index in [9.17, 15) is 19.0 Å². The van der Waals surface area contributed by atoms with Crippen LogP contribution < -0.4 is 0 Å². The van der Waals surface area contributed by atoms with E-state index in [1.54, 1.807) is 0 Å². The number of ether oxygens (including phenoxy) is 2. The molecule has 0 aliphatic carbocycles. The minimum atomic E-state index is -4.39. The molecule has 0 spiro atoms. The summed E-state index contributed by atoms with van der Waals surface area (Å²) in [5.41, 5.74) is 0. The Bertz CT molecular complexity index is 1360. The molecule has 9 nitrogen and oxygen atoms in total. The molecule has 72 heavy (non-hydrogen) atoms. The largest absolute Gasteiger partial charge is 0.472 e. The molecule has 422 valence electrons. The van der Waals surface area contributed by atoms with Crippen molar-refractivity contribution in [1.29, 1.82) is 0 Å². The summed E-state index contributed by atoms with van der Waals surface area (Å²) >= 11 is 0. The van der Waals surface area contributed by atoms with Gasteiger partial charge in [-0.1, -0.05) is 242 Å². The first-order chi connectivity index (χ1) is 35.0. The highest BCUT2D eigenvalue weighted by Crippen LogP contribution is 2.43. The third kappa shape index (κ3) is 57.3. The minimum absolute atomic E-state index is 0.0300. The zero-order chi connectivity index (χ0) is 52.7. The van der Waals surface area contributed by atoms with Gasteiger partial charge in [-0.3, -0.25) is 18.6 Å². The average Bonchev–Trinajstić information content (AvgIpc) is 3.34. The summed E-state index contributed by atoms with van der Waals surface area (Å²) in [4.78, 5) is 35.6. The molecule has 10 heteroatoms. The lowest BCUT2D eigenvalue weighted by Gasteiger charge is -2.24. The van der Waals surface area contributed by atoms with Crippen LogP contribution in [0.15, 0.2) is 48.6 Å². The van der Waals surface area contributed by atoms with E-state index >= 15 is 0 Å². The summed E-state index contributed by atoms with van der Waals surface area (Å²) in [6.45, 7) is 4.41. The summed E-state index contributed by atoms with van der Waals surface area (Å²) in [7, 11) is 1.48. The number of phosphoric ester groups is 1. The molecule has 0 radical (unpaired) electrons. The maximum atomic E-state index is 12.8. The lowest BCUT2D eigenvalue weighted by Crippen LogP contribution is -2.37. The normalized spacial score (nSPS) is 13.6. The highest BCUT2D eigenvalue weighted by molar-refractivity contribution is 7.47. The maximum absolute atomic E-state index is 12.8. The second-order valence-corrected chi connectivity index (χ2v) is 23.2. The van der Waals surface area contributed by atoms with Crippen molar-refractivity contribution in [1.82, 2.24) is 0 Å². The highest BCUT2D eigenvalue weighted by Gasteiger charge is 2.27. The quantitative estimate of drug-likeness (QED) is 0.0211. The molecule has 0 aromatic carbocycles. The van der Waals surface area contributed by atoms with Gasteiger partial charge in [0, 0.05) is 12.8 Å². The van der Waals surface area contributed by atoms with Crippen molar-refractivity contribution in [2.45, 2.75) is 290 Å². The molecule has 0 fully saturated rings. The van der Waals surface area contributed by atoms with E-state index in [-0.39, 0.29) is 32.0 Å². The van der Waals surface area contributed by atoms with Crippen LogP contribution in [0.25, 0.3) is 0 Å². The zero-order valence-corrected chi connectivity index (χ0v) is 48.8. The second-order valence-electron chi connectivity index (χ2n) is 21.7. The average molecular weight is 1040 g/mol. The molecule has 0 aromatic heterocycles. The van der Waals surface area contributed by atoms with E-state index in [4.69, 9.17) is 18.5 Å². The molecule has 0 bridgehead atoms. The Balaban J connectivity index is 4.01. The van der Waals surface area contributed by atoms with Crippen LogP contribution in [-0.2, 0) is 32.7 Å². The lowest BCUT2D eigenvalue weighted by atomic mass is 10.0. The predicted molar refractivity (Wildman–Crippen MR) is 307 cm³/mol. The van der Waals surface area contributed by atoms with Gasteiger partial charge in [-0.25, -0.2) is 4.57 Å². The van der Waals surface area contributed by atoms with Crippen molar-refractivity contribution in [2.75, 3.05) is 47.5 Å². The fourth-order valence-corrected chi connectivity index (χ4v) is 9.35. The van der Waals surface area contributed by atoms with E-state index in [2.05, 4.69) is 62.5 Å². The molecule has 0 aliphatic rings. The van der Waals surface area contributed by atoms with E-state index in [0.717, 1.165) is 64.2 Å². The predicted octanol–water partition coefficient (Wildman–Crippen LogP) is 18.9. The Hall–Kier alpha value is -2.03. The second kappa shape index (κ2) is 53.8. The number of hydrogen-bond donors (Lipinski definition) is 1. The summed E-state index contributed by atoms with van der Waals surface area (Å²) in [6, 6.07) is 0. The van der Waals surface area contributed by atoms with E-state index in [0.29, 0.717) is 17.4 Å². The fraction of sp³-hybridized carbons (Fsp3) is 0.839. The number of hydrogen-bond acceptors (Lipinski definition) is 7. The van der Waals surface area contributed by atoms with E-state index in [1.807, 2.05) is 21.1 Å². The number of phosphoric acid groups is 1. The van der Waals surface area contributed by atoms with Crippen LogP contribution in [0, 0.1) is 0 Å². The van der Waals surface area contributed by atoms with Gasteiger partial charge in [0.25, 0.3) is 0 Å². The van der Waals surface area contributed by atoms with Gasteiger partial charge in [0.05, 0.1) is 27.7 Å². The van der Waals surface area contributed by atoms with Crippen LogP contribution in [0.3, 0.4) is 0 Å². The summed E-state index contributed by atoms with van der Waals surface area (Å²) in [5.74, 6) is -0.803. The fourth-order valence-electron chi connectivity index (χ4n) is 8.61. The third-order valence-electron chi connectivity index (χ3n) is 13.3. The van der Waals surface area contributed by atoms with Crippen LogP contribution in [0.5, 0.6) is 0 Å². The van der Waals surface area contributed by atoms with Gasteiger partial charge in [0.15, 0.2) is 6.10 Å². The Kier molecular flexibility index (Phi) is 52.3. The van der Waals surface area contributed by atoms with Crippen molar-refractivity contribution in [3.8, 4) is 0 Å². The first-order valence-electron chi connectivity index (χ1n) is 30.4. The number of unbranched alkanes of at least 4 members (excludes halogenated alkanes) is 34. The van der Waals surface area contributed by atoms with Crippen molar-refractivity contribution < 1.29 is 42.1 Å².